The highest BCUT2D eigenvalue weighted by molar-refractivity contribution is 7.98. The van der Waals surface area contributed by atoms with Crippen LogP contribution < -0.4 is 0 Å². The van der Waals surface area contributed by atoms with E-state index in [1.807, 2.05) is 30.3 Å². The fourth-order valence-electron chi connectivity index (χ4n) is 2.62. The number of nitrogens with zero attached hydrogens (tertiary/aromatic N) is 6. The lowest BCUT2D eigenvalue weighted by atomic mass is 10.0. The molecule has 0 aliphatic rings. The minimum Gasteiger partial charge on any atom is -0.334 e. The first-order valence-electron chi connectivity index (χ1n) is 8.71. The molecule has 0 N–H and O–H groups in total. The van der Waals surface area contributed by atoms with Crippen LogP contribution >= 0.6 is 23.4 Å². The van der Waals surface area contributed by atoms with Crippen molar-refractivity contribution in [3.05, 3.63) is 64.9 Å². The Bertz CT molecular complexity index is 1080. The van der Waals surface area contributed by atoms with Gasteiger partial charge in [-0.25, -0.2) is 0 Å². The molecule has 0 aliphatic heterocycles. The Morgan fingerprint density at radius 2 is 1.89 bits per heavy atom. The van der Waals surface area contributed by atoms with Crippen LogP contribution in [0, 0.1) is 0 Å². The second kappa shape index (κ2) is 8.12. The van der Waals surface area contributed by atoms with E-state index in [2.05, 4.69) is 51.6 Å². The Labute approximate surface area is 171 Å². The minimum absolute atomic E-state index is 0.394. The van der Waals surface area contributed by atoms with Crippen molar-refractivity contribution in [1.29, 1.82) is 0 Å². The zero-order valence-electron chi connectivity index (χ0n) is 15.3. The number of aromatic nitrogens is 6. The van der Waals surface area contributed by atoms with E-state index in [1.54, 1.807) is 10.7 Å². The van der Waals surface area contributed by atoms with Gasteiger partial charge in [-0.2, -0.15) is 9.67 Å². The lowest BCUT2D eigenvalue weighted by molar-refractivity contribution is 0.425. The molecular formula is C19H17ClN6OS. The number of thioether (sulfide) groups is 1. The van der Waals surface area contributed by atoms with Crippen LogP contribution in [0.25, 0.3) is 17.1 Å². The molecule has 0 radical (unpaired) electrons. The third-order valence-electron chi connectivity index (χ3n) is 4.15. The van der Waals surface area contributed by atoms with Crippen LogP contribution in [0.15, 0.2) is 58.2 Å². The molecule has 0 saturated carbocycles. The van der Waals surface area contributed by atoms with Crippen molar-refractivity contribution in [3.63, 3.8) is 0 Å². The van der Waals surface area contributed by atoms with Crippen LogP contribution in [0.1, 0.15) is 31.2 Å². The van der Waals surface area contributed by atoms with E-state index in [9.17, 15) is 0 Å². The fraction of sp³-hybridized carbons (Fsp3) is 0.211. The molecule has 2 aromatic heterocycles. The van der Waals surface area contributed by atoms with Crippen LogP contribution in [0.4, 0.5) is 0 Å². The molecule has 0 aliphatic carbocycles. The Hall–Kier alpha value is -2.71. The van der Waals surface area contributed by atoms with Crippen LogP contribution in [-0.2, 0) is 5.75 Å². The smallest absolute Gasteiger partial charge is 0.259 e. The highest BCUT2D eigenvalue weighted by Crippen LogP contribution is 2.28. The molecule has 2 heterocycles. The van der Waals surface area contributed by atoms with Gasteiger partial charge in [0.1, 0.15) is 0 Å². The number of benzene rings is 2. The van der Waals surface area contributed by atoms with Gasteiger partial charge in [-0.1, -0.05) is 66.6 Å². The SMILES string of the molecule is CC(C)c1ccc(-n2nnnc2SCc2noc(-c3ccccc3Cl)n2)cc1. The second-order valence-electron chi connectivity index (χ2n) is 6.40. The van der Waals surface area contributed by atoms with Gasteiger partial charge in [-0.3, -0.25) is 0 Å². The quantitative estimate of drug-likeness (QED) is 0.421. The first kappa shape index (κ1) is 18.6. The number of rotatable bonds is 6. The van der Waals surface area contributed by atoms with E-state index in [-0.39, 0.29) is 0 Å². The van der Waals surface area contributed by atoms with E-state index >= 15 is 0 Å². The van der Waals surface area contributed by atoms with Crippen molar-refractivity contribution in [2.75, 3.05) is 0 Å². The maximum atomic E-state index is 6.18. The minimum atomic E-state index is 0.394. The summed E-state index contributed by atoms with van der Waals surface area (Å²) in [7, 11) is 0. The number of halogens is 1. The summed E-state index contributed by atoms with van der Waals surface area (Å²) in [4.78, 5) is 4.41. The standard InChI is InChI=1S/C19H17ClN6OS/c1-12(2)13-7-9-14(10-8-13)26-19(22-24-25-26)28-11-17-21-18(27-23-17)15-5-3-4-6-16(15)20/h3-10,12H,11H2,1-2H3. The Morgan fingerprint density at radius 1 is 1.11 bits per heavy atom. The van der Waals surface area contributed by atoms with Gasteiger partial charge in [0.05, 0.1) is 22.0 Å². The van der Waals surface area contributed by atoms with Crippen LogP contribution in [0.3, 0.4) is 0 Å². The largest absolute Gasteiger partial charge is 0.334 e. The topological polar surface area (TPSA) is 82.5 Å². The molecular weight excluding hydrogens is 396 g/mol. The summed E-state index contributed by atoms with van der Waals surface area (Å²) in [5.41, 5.74) is 2.88. The first-order chi connectivity index (χ1) is 13.6. The highest BCUT2D eigenvalue weighted by atomic mass is 35.5. The molecule has 0 bridgehead atoms. The van der Waals surface area contributed by atoms with Crippen LogP contribution in [0.2, 0.25) is 5.02 Å². The molecule has 0 unspecified atom stereocenters. The lowest BCUT2D eigenvalue weighted by Gasteiger charge is -2.07. The maximum absolute atomic E-state index is 6.18. The van der Waals surface area contributed by atoms with E-state index in [0.717, 1.165) is 5.69 Å². The number of hydrogen-bond acceptors (Lipinski definition) is 7. The summed E-state index contributed by atoms with van der Waals surface area (Å²) in [6.45, 7) is 4.32. The molecule has 9 heteroatoms. The summed E-state index contributed by atoms with van der Waals surface area (Å²) < 4.78 is 7.03. The predicted molar refractivity (Wildman–Crippen MR) is 108 cm³/mol. The van der Waals surface area contributed by atoms with Gasteiger partial charge in [0.25, 0.3) is 5.89 Å². The third kappa shape index (κ3) is 3.93. The van der Waals surface area contributed by atoms with Crippen molar-refractivity contribution in [1.82, 2.24) is 30.3 Å². The molecule has 4 rings (SSSR count). The van der Waals surface area contributed by atoms with Crippen LogP contribution in [0.5, 0.6) is 0 Å². The molecule has 28 heavy (non-hydrogen) atoms. The van der Waals surface area contributed by atoms with Crippen molar-refractivity contribution in [2.24, 2.45) is 0 Å². The third-order valence-corrected chi connectivity index (χ3v) is 5.39. The monoisotopic (exact) mass is 412 g/mol. The Balaban J connectivity index is 1.48. The van der Waals surface area contributed by atoms with E-state index < -0.39 is 0 Å². The highest BCUT2D eigenvalue weighted by Gasteiger charge is 2.14. The lowest BCUT2D eigenvalue weighted by Crippen LogP contribution is -2.00. The molecule has 0 fully saturated rings. The molecule has 0 atom stereocenters. The number of tetrazole rings is 1. The molecule has 0 spiro atoms. The average Bonchev–Trinajstić information content (AvgIpc) is 3.36. The zero-order chi connectivity index (χ0) is 19.5. The Kier molecular flexibility index (Phi) is 5.40. The summed E-state index contributed by atoms with van der Waals surface area (Å²) in [6, 6.07) is 15.6. The van der Waals surface area contributed by atoms with Crippen molar-refractivity contribution < 1.29 is 4.52 Å². The van der Waals surface area contributed by atoms with E-state index in [1.165, 1.54) is 17.3 Å². The summed E-state index contributed by atoms with van der Waals surface area (Å²) in [6.07, 6.45) is 0. The second-order valence-corrected chi connectivity index (χ2v) is 7.75. The van der Waals surface area contributed by atoms with Gasteiger partial charge in [0.2, 0.25) is 5.16 Å². The van der Waals surface area contributed by atoms with Gasteiger partial charge in [-0.15, -0.1) is 5.10 Å². The van der Waals surface area contributed by atoms with Crippen molar-refractivity contribution in [3.8, 4) is 17.1 Å². The summed E-state index contributed by atoms with van der Waals surface area (Å²) >= 11 is 7.62. The summed E-state index contributed by atoms with van der Waals surface area (Å²) in [5, 5.41) is 17.2. The molecule has 2 aromatic carbocycles. The van der Waals surface area contributed by atoms with Crippen LogP contribution in [-0.4, -0.2) is 30.3 Å². The van der Waals surface area contributed by atoms with Gasteiger partial charge in [-0.05, 0) is 46.2 Å². The van der Waals surface area contributed by atoms with Gasteiger partial charge in [0.15, 0.2) is 5.82 Å². The zero-order valence-corrected chi connectivity index (χ0v) is 16.9. The van der Waals surface area contributed by atoms with Crippen molar-refractivity contribution in [2.45, 2.75) is 30.7 Å². The van der Waals surface area contributed by atoms with Crippen molar-refractivity contribution >= 4 is 23.4 Å². The molecule has 4 aromatic rings. The predicted octanol–water partition coefficient (Wildman–Crippen LogP) is 4.78. The van der Waals surface area contributed by atoms with E-state index in [4.69, 9.17) is 16.1 Å². The maximum Gasteiger partial charge on any atom is 0.259 e. The molecule has 0 saturated heterocycles. The Morgan fingerprint density at radius 3 is 2.64 bits per heavy atom. The fourth-order valence-corrected chi connectivity index (χ4v) is 3.57. The molecule has 0 amide bonds. The first-order valence-corrected chi connectivity index (χ1v) is 10.1. The normalized spacial score (nSPS) is 11.3. The summed E-state index contributed by atoms with van der Waals surface area (Å²) in [5.74, 6) is 1.88. The van der Waals surface area contributed by atoms with Gasteiger partial charge >= 0.3 is 0 Å². The number of hydrogen-bond donors (Lipinski definition) is 0. The molecule has 7 nitrogen and oxygen atoms in total. The average molecular weight is 413 g/mol. The van der Waals surface area contributed by atoms with Gasteiger partial charge < -0.3 is 4.52 Å². The van der Waals surface area contributed by atoms with Gasteiger partial charge in [0, 0.05) is 0 Å². The molecule has 142 valence electrons. The van der Waals surface area contributed by atoms with E-state index in [0.29, 0.717) is 39.1 Å².